The Bertz CT molecular complexity index is 361. The summed E-state index contributed by atoms with van der Waals surface area (Å²) < 4.78 is 36.6. The molecule has 0 bridgehead atoms. The fraction of sp³-hybridized carbons (Fsp3) is 0.538. The second kappa shape index (κ2) is 8.13. The maximum absolute atomic E-state index is 13.4. The van der Waals surface area contributed by atoms with Crippen molar-refractivity contribution >= 4 is 0 Å². The van der Waals surface area contributed by atoms with Crippen molar-refractivity contribution in [2.24, 2.45) is 5.73 Å². The number of hydrogen-bond acceptors (Lipinski definition) is 3. The van der Waals surface area contributed by atoms with Gasteiger partial charge in [-0.15, -0.1) is 0 Å². The summed E-state index contributed by atoms with van der Waals surface area (Å²) in [5.74, 6) is -1.26. The number of halogens is 2. The van der Waals surface area contributed by atoms with E-state index in [2.05, 4.69) is 0 Å². The summed E-state index contributed by atoms with van der Waals surface area (Å²) in [4.78, 5) is 0. The highest BCUT2D eigenvalue weighted by molar-refractivity contribution is 5.21. The first-order chi connectivity index (χ1) is 8.65. The number of ether oxygens (including phenoxy) is 2. The first kappa shape index (κ1) is 15.0. The van der Waals surface area contributed by atoms with Crippen LogP contribution in [-0.2, 0) is 9.47 Å². The monoisotopic (exact) mass is 259 g/mol. The second-order valence-electron chi connectivity index (χ2n) is 3.96. The second-order valence-corrected chi connectivity index (χ2v) is 3.96. The molecule has 3 nitrogen and oxygen atoms in total. The summed E-state index contributed by atoms with van der Waals surface area (Å²) in [6.07, 6.45) is 0.959. The van der Waals surface area contributed by atoms with Gasteiger partial charge in [0.05, 0.1) is 25.9 Å². The molecule has 0 fully saturated rings. The molecule has 0 saturated heterocycles. The average Bonchev–Trinajstić information content (AvgIpc) is 2.33. The molecule has 0 saturated carbocycles. The Morgan fingerprint density at radius 3 is 2.56 bits per heavy atom. The molecule has 102 valence electrons. The van der Waals surface area contributed by atoms with Crippen molar-refractivity contribution in [1.82, 2.24) is 0 Å². The van der Waals surface area contributed by atoms with Crippen LogP contribution in [0.3, 0.4) is 0 Å². The molecule has 1 atom stereocenters. The molecular formula is C13H19F2NO2. The summed E-state index contributed by atoms with van der Waals surface area (Å²) in [5, 5.41) is 0. The van der Waals surface area contributed by atoms with Crippen molar-refractivity contribution in [1.29, 1.82) is 0 Å². The fourth-order valence-electron chi connectivity index (χ4n) is 1.47. The molecule has 5 heteroatoms. The minimum Gasteiger partial charge on any atom is -0.379 e. The van der Waals surface area contributed by atoms with E-state index < -0.39 is 17.7 Å². The van der Waals surface area contributed by atoms with Crippen molar-refractivity contribution in [2.75, 3.05) is 26.4 Å². The van der Waals surface area contributed by atoms with E-state index in [1.54, 1.807) is 0 Å². The molecule has 18 heavy (non-hydrogen) atoms. The average molecular weight is 259 g/mol. The summed E-state index contributed by atoms with van der Waals surface area (Å²) in [7, 11) is 0. The van der Waals surface area contributed by atoms with Gasteiger partial charge in [0.25, 0.3) is 0 Å². The predicted octanol–water partition coefficient (Wildman–Crippen LogP) is 2.41. The summed E-state index contributed by atoms with van der Waals surface area (Å²) in [6, 6.07) is 2.74. The van der Waals surface area contributed by atoms with E-state index in [4.69, 9.17) is 15.2 Å². The molecule has 1 aromatic rings. The minimum atomic E-state index is -0.645. The summed E-state index contributed by atoms with van der Waals surface area (Å²) >= 11 is 0. The minimum absolute atomic E-state index is 0.179. The third kappa shape index (κ3) is 5.08. The highest BCUT2D eigenvalue weighted by atomic mass is 19.1. The fourth-order valence-corrected chi connectivity index (χ4v) is 1.47. The van der Waals surface area contributed by atoms with Gasteiger partial charge < -0.3 is 15.2 Å². The Kier molecular flexibility index (Phi) is 6.78. The van der Waals surface area contributed by atoms with Crippen molar-refractivity contribution in [2.45, 2.75) is 19.4 Å². The van der Waals surface area contributed by atoms with Crippen LogP contribution in [0.1, 0.15) is 24.9 Å². The van der Waals surface area contributed by atoms with Crippen molar-refractivity contribution in [3.05, 3.63) is 35.4 Å². The van der Waals surface area contributed by atoms with Crippen LogP contribution in [0.5, 0.6) is 0 Å². The molecule has 0 aliphatic heterocycles. The van der Waals surface area contributed by atoms with Crippen LogP contribution in [-0.4, -0.2) is 26.4 Å². The van der Waals surface area contributed by atoms with Crippen molar-refractivity contribution in [3.63, 3.8) is 0 Å². The maximum Gasteiger partial charge on any atom is 0.130 e. The van der Waals surface area contributed by atoms with Gasteiger partial charge in [-0.1, -0.05) is 13.0 Å². The molecule has 0 amide bonds. The SMILES string of the molecule is CCCOCCOCC(N)c1ccc(F)cc1F. The summed E-state index contributed by atoms with van der Waals surface area (Å²) in [5.41, 5.74) is 6.01. The highest BCUT2D eigenvalue weighted by Crippen LogP contribution is 2.16. The first-order valence-corrected chi connectivity index (χ1v) is 6.01. The predicted molar refractivity (Wildman–Crippen MR) is 65.2 cm³/mol. The standard InChI is InChI=1S/C13H19F2NO2/c1-2-5-17-6-7-18-9-13(16)11-4-3-10(14)8-12(11)15/h3-4,8,13H,2,5-7,9,16H2,1H3. The number of benzene rings is 1. The normalized spacial score (nSPS) is 12.7. The van der Waals surface area contributed by atoms with E-state index in [9.17, 15) is 8.78 Å². The zero-order valence-corrected chi connectivity index (χ0v) is 10.5. The van der Waals surface area contributed by atoms with Gasteiger partial charge in [-0.25, -0.2) is 8.78 Å². The quantitative estimate of drug-likeness (QED) is 0.729. The lowest BCUT2D eigenvalue weighted by molar-refractivity contribution is 0.0425. The first-order valence-electron chi connectivity index (χ1n) is 6.01. The lowest BCUT2D eigenvalue weighted by Gasteiger charge is -2.13. The molecular weight excluding hydrogens is 240 g/mol. The van der Waals surface area contributed by atoms with Gasteiger partial charge in [0.2, 0.25) is 0 Å². The van der Waals surface area contributed by atoms with Gasteiger partial charge >= 0.3 is 0 Å². The summed E-state index contributed by atoms with van der Waals surface area (Å²) in [6.45, 7) is 3.80. The largest absolute Gasteiger partial charge is 0.379 e. The van der Waals surface area contributed by atoms with E-state index in [1.807, 2.05) is 6.92 Å². The van der Waals surface area contributed by atoms with Gasteiger partial charge in [-0.2, -0.15) is 0 Å². The molecule has 1 aromatic carbocycles. The molecule has 0 heterocycles. The topological polar surface area (TPSA) is 44.5 Å². The lowest BCUT2D eigenvalue weighted by Crippen LogP contribution is -2.20. The molecule has 0 aliphatic rings. The van der Waals surface area contributed by atoms with E-state index >= 15 is 0 Å². The lowest BCUT2D eigenvalue weighted by atomic mass is 10.1. The Morgan fingerprint density at radius 1 is 1.17 bits per heavy atom. The van der Waals surface area contributed by atoms with Crippen LogP contribution in [0.4, 0.5) is 8.78 Å². The smallest absolute Gasteiger partial charge is 0.130 e. The van der Waals surface area contributed by atoms with E-state index in [1.165, 1.54) is 12.1 Å². The Labute approximate surface area is 106 Å². The molecule has 2 N–H and O–H groups in total. The third-order valence-corrected chi connectivity index (χ3v) is 2.38. The van der Waals surface area contributed by atoms with Gasteiger partial charge in [-0.05, 0) is 12.5 Å². The molecule has 0 radical (unpaired) electrons. The number of rotatable bonds is 8. The van der Waals surface area contributed by atoms with Crippen molar-refractivity contribution in [3.8, 4) is 0 Å². The number of hydrogen-bond donors (Lipinski definition) is 1. The zero-order chi connectivity index (χ0) is 13.4. The zero-order valence-electron chi connectivity index (χ0n) is 10.5. The van der Waals surface area contributed by atoms with E-state index in [-0.39, 0.29) is 12.2 Å². The van der Waals surface area contributed by atoms with Crippen LogP contribution < -0.4 is 5.73 Å². The third-order valence-electron chi connectivity index (χ3n) is 2.38. The van der Waals surface area contributed by atoms with Crippen LogP contribution >= 0.6 is 0 Å². The van der Waals surface area contributed by atoms with Gasteiger partial charge in [0, 0.05) is 18.2 Å². The van der Waals surface area contributed by atoms with E-state index in [0.717, 1.165) is 12.5 Å². The van der Waals surface area contributed by atoms with Gasteiger partial charge in [0.15, 0.2) is 0 Å². The molecule has 0 aliphatic carbocycles. The molecule has 0 spiro atoms. The van der Waals surface area contributed by atoms with Crippen LogP contribution in [0, 0.1) is 11.6 Å². The van der Waals surface area contributed by atoms with Crippen molar-refractivity contribution < 1.29 is 18.3 Å². The Hall–Kier alpha value is -1.04. The Morgan fingerprint density at radius 2 is 1.89 bits per heavy atom. The number of nitrogens with two attached hydrogens (primary N) is 1. The van der Waals surface area contributed by atoms with Crippen LogP contribution in [0.15, 0.2) is 18.2 Å². The van der Waals surface area contributed by atoms with Gasteiger partial charge in [-0.3, -0.25) is 0 Å². The maximum atomic E-state index is 13.4. The van der Waals surface area contributed by atoms with Crippen LogP contribution in [0.25, 0.3) is 0 Å². The van der Waals surface area contributed by atoms with Crippen LogP contribution in [0.2, 0.25) is 0 Å². The molecule has 1 unspecified atom stereocenters. The molecule has 0 aromatic heterocycles. The van der Waals surface area contributed by atoms with E-state index in [0.29, 0.717) is 19.8 Å². The Balaban J connectivity index is 2.29. The molecule has 1 rings (SSSR count). The highest BCUT2D eigenvalue weighted by Gasteiger charge is 2.12. The van der Waals surface area contributed by atoms with Gasteiger partial charge in [0.1, 0.15) is 11.6 Å².